The zero-order chi connectivity index (χ0) is 11.0. The van der Waals surface area contributed by atoms with E-state index in [1.54, 1.807) is 12.3 Å². The van der Waals surface area contributed by atoms with Crippen LogP contribution in [0.15, 0.2) is 12.3 Å². The number of hydrogen-bond donors (Lipinski definition) is 1. The van der Waals surface area contributed by atoms with Crippen LogP contribution in [0.3, 0.4) is 0 Å². The SMILES string of the molecule is Cc1nn(C)c(C)c1-c1nccc(N)n1. The van der Waals surface area contributed by atoms with Crippen LogP contribution in [0.2, 0.25) is 0 Å². The zero-order valence-corrected chi connectivity index (χ0v) is 9.02. The summed E-state index contributed by atoms with van der Waals surface area (Å²) < 4.78 is 1.82. The molecule has 0 aromatic carbocycles. The van der Waals surface area contributed by atoms with Gasteiger partial charge in [-0.05, 0) is 19.9 Å². The minimum absolute atomic E-state index is 0.475. The number of nitrogens with two attached hydrogens (primary N) is 1. The van der Waals surface area contributed by atoms with E-state index in [0.29, 0.717) is 11.6 Å². The Morgan fingerprint density at radius 3 is 2.60 bits per heavy atom. The Labute approximate surface area is 88.0 Å². The first-order valence-corrected chi connectivity index (χ1v) is 4.68. The third-order valence-corrected chi connectivity index (χ3v) is 2.41. The van der Waals surface area contributed by atoms with Gasteiger partial charge in [-0.15, -0.1) is 0 Å². The normalized spacial score (nSPS) is 10.6. The molecule has 2 rings (SSSR count). The van der Waals surface area contributed by atoms with Gasteiger partial charge in [0.2, 0.25) is 0 Å². The van der Waals surface area contributed by atoms with E-state index in [1.807, 2.05) is 25.6 Å². The lowest BCUT2D eigenvalue weighted by molar-refractivity contribution is 0.731. The largest absolute Gasteiger partial charge is 0.384 e. The summed E-state index contributed by atoms with van der Waals surface area (Å²) >= 11 is 0. The molecular weight excluding hydrogens is 190 g/mol. The molecule has 0 amide bonds. The molecule has 0 unspecified atom stereocenters. The van der Waals surface area contributed by atoms with Crippen molar-refractivity contribution in [2.24, 2.45) is 7.05 Å². The van der Waals surface area contributed by atoms with Gasteiger partial charge in [0.25, 0.3) is 0 Å². The molecule has 2 N–H and O–H groups in total. The fraction of sp³-hybridized carbons (Fsp3) is 0.300. The number of nitrogen functional groups attached to an aromatic ring is 1. The lowest BCUT2D eigenvalue weighted by Crippen LogP contribution is -1.97. The van der Waals surface area contributed by atoms with E-state index in [9.17, 15) is 0 Å². The zero-order valence-electron chi connectivity index (χ0n) is 9.02. The van der Waals surface area contributed by atoms with Crippen molar-refractivity contribution < 1.29 is 0 Å². The summed E-state index contributed by atoms with van der Waals surface area (Å²) in [6, 6.07) is 1.67. The average molecular weight is 203 g/mol. The van der Waals surface area contributed by atoms with Gasteiger partial charge in [-0.25, -0.2) is 9.97 Å². The van der Waals surface area contributed by atoms with Crippen molar-refractivity contribution in [2.75, 3.05) is 5.73 Å². The molecule has 0 saturated carbocycles. The lowest BCUT2D eigenvalue weighted by Gasteiger charge is -2.00. The van der Waals surface area contributed by atoms with E-state index in [1.165, 1.54) is 0 Å². The summed E-state index contributed by atoms with van der Waals surface area (Å²) in [5.74, 6) is 1.11. The molecule has 5 nitrogen and oxygen atoms in total. The van der Waals surface area contributed by atoms with Gasteiger partial charge in [0.1, 0.15) is 5.82 Å². The van der Waals surface area contributed by atoms with Gasteiger partial charge in [0.05, 0.1) is 11.3 Å². The predicted molar refractivity (Wildman–Crippen MR) is 58.1 cm³/mol. The fourth-order valence-electron chi connectivity index (χ4n) is 1.59. The molecule has 2 aromatic rings. The van der Waals surface area contributed by atoms with Crippen molar-refractivity contribution in [3.05, 3.63) is 23.7 Å². The molecule has 0 atom stereocenters. The van der Waals surface area contributed by atoms with Gasteiger partial charge < -0.3 is 5.73 Å². The molecule has 2 aromatic heterocycles. The van der Waals surface area contributed by atoms with Crippen molar-refractivity contribution in [3.63, 3.8) is 0 Å². The standard InChI is InChI=1S/C10H13N5/c1-6-9(7(2)15(3)14-6)10-12-5-4-8(11)13-10/h4-5H,1-3H3,(H2,11,12,13). The second-order valence-electron chi connectivity index (χ2n) is 3.47. The molecule has 5 heteroatoms. The number of hydrogen-bond acceptors (Lipinski definition) is 4. The first-order chi connectivity index (χ1) is 7.09. The minimum Gasteiger partial charge on any atom is -0.384 e. The van der Waals surface area contributed by atoms with Crippen molar-refractivity contribution >= 4 is 5.82 Å². The topological polar surface area (TPSA) is 69.6 Å². The highest BCUT2D eigenvalue weighted by atomic mass is 15.3. The second-order valence-corrected chi connectivity index (χ2v) is 3.47. The van der Waals surface area contributed by atoms with E-state index in [0.717, 1.165) is 17.0 Å². The number of nitrogens with zero attached hydrogens (tertiary/aromatic N) is 4. The molecule has 0 aliphatic carbocycles. The summed E-state index contributed by atoms with van der Waals surface area (Å²) in [6.07, 6.45) is 1.66. The molecule has 0 aliphatic rings. The molecule has 0 radical (unpaired) electrons. The van der Waals surface area contributed by atoms with Crippen LogP contribution in [0.1, 0.15) is 11.4 Å². The quantitative estimate of drug-likeness (QED) is 0.752. The van der Waals surface area contributed by atoms with E-state index >= 15 is 0 Å². The smallest absolute Gasteiger partial charge is 0.165 e. The Hall–Kier alpha value is -1.91. The Kier molecular flexibility index (Phi) is 2.15. The Bertz CT molecular complexity index is 501. The van der Waals surface area contributed by atoms with Crippen LogP contribution in [-0.4, -0.2) is 19.7 Å². The molecule has 15 heavy (non-hydrogen) atoms. The highest BCUT2D eigenvalue weighted by Gasteiger charge is 2.13. The van der Waals surface area contributed by atoms with Crippen LogP contribution in [0, 0.1) is 13.8 Å². The third kappa shape index (κ3) is 1.56. The van der Waals surface area contributed by atoms with Gasteiger partial charge >= 0.3 is 0 Å². The summed E-state index contributed by atoms with van der Waals surface area (Å²) in [5.41, 5.74) is 8.54. The number of aryl methyl sites for hydroxylation is 2. The van der Waals surface area contributed by atoms with E-state index in [2.05, 4.69) is 15.1 Å². The van der Waals surface area contributed by atoms with Gasteiger partial charge in [-0.3, -0.25) is 4.68 Å². The average Bonchev–Trinajstić information content (AvgIpc) is 2.41. The van der Waals surface area contributed by atoms with Crippen molar-refractivity contribution in [1.29, 1.82) is 0 Å². The molecule has 0 saturated heterocycles. The number of rotatable bonds is 1. The Morgan fingerprint density at radius 2 is 2.07 bits per heavy atom. The van der Waals surface area contributed by atoms with Crippen molar-refractivity contribution in [1.82, 2.24) is 19.7 Å². The van der Waals surface area contributed by atoms with Gasteiger partial charge in [0, 0.05) is 18.9 Å². The predicted octanol–water partition coefficient (Wildman–Crippen LogP) is 1.08. The van der Waals surface area contributed by atoms with Crippen LogP contribution in [0.25, 0.3) is 11.4 Å². The Balaban J connectivity index is 2.63. The number of aromatic nitrogens is 4. The molecule has 0 aliphatic heterocycles. The molecule has 0 spiro atoms. The maximum atomic E-state index is 5.62. The third-order valence-electron chi connectivity index (χ3n) is 2.41. The van der Waals surface area contributed by atoms with Crippen molar-refractivity contribution in [2.45, 2.75) is 13.8 Å². The highest BCUT2D eigenvalue weighted by molar-refractivity contribution is 5.62. The van der Waals surface area contributed by atoms with E-state index < -0.39 is 0 Å². The van der Waals surface area contributed by atoms with Gasteiger partial charge in [-0.2, -0.15) is 5.10 Å². The van der Waals surface area contributed by atoms with Crippen molar-refractivity contribution in [3.8, 4) is 11.4 Å². The summed E-state index contributed by atoms with van der Waals surface area (Å²) in [4.78, 5) is 8.39. The van der Waals surface area contributed by atoms with Crippen LogP contribution < -0.4 is 5.73 Å². The van der Waals surface area contributed by atoms with Crippen LogP contribution in [-0.2, 0) is 7.05 Å². The van der Waals surface area contributed by atoms with Crippen LogP contribution in [0.5, 0.6) is 0 Å². The molecule has 0 fully saturated rings. The highest BCUT2D eigenvalue weighted by Crippen LogP contribution is 2.23. The maximum absolute atomic E-state index is 5.62. The molecule has 78 valence electrons. The van der Waals surface area contributed by atoms with Gasteiger partial charge in [-0.1, -0.05) is 0 Å². The minimum atomic E-state index is 0.475. The van der Waals surface area contributed by atoms with Crippen LogP contribution in [0.4, 0.5) is 5.82 Å². The van der Waals surface area contributed by atoms with E-state index in [-0.39, 0.29) is 0 Å². The summed E-state index contributed by atoms with van der Waals surface area (Å²) in [7, 11) is 1.90. The van der Waals surface area contributed by atoms with Crippen LogP contribution >= 0.6 is 0 Å². The lowest BCUT2D eigenvalue weighted by atomic mass is 10.2. The molecule has 2 heterocycles. The van der Waals surface area contributed by atoms with Gasteiger partial charge in [0.15, 0.2) is 5.82 Å². The molecular formula is C10H13N5. The summed E-state index contributed by atoms with van der Waals surface area (Å²) in [5, 5.41) is 4.31. The second kappa shape index (κ2) is 3.34. The summed E-state index contributed by atoms with van der Waals surface area (Å²) in [6.45, 7) is 3.93. The molecule has 0 bridgehead atoms. The monoisotopic (exact) mass is 203 g/mol. The van der Waals surface area contributed by atoms with E-state index in [4.69, 9.17) is 5.73 Å². The number of anilines is 1. The first kappa shape index (κ1) is 9.64. The first-order valence-electron chi connectivity index (χ1n) is 4.68. The Morgan fingerprint density at radius 1 is 1.33 bits per heavy atom. The maximum Gasteiger partial charge on any atom is 0.165 e. The fourth-order valence-corrected chi connectivity index (χ4v) is 1.59.